The Hall–Kier alpha value is -2.53. The second-order valence-electron chi connectivity index (χ2n) is 6.99. The highest BCUT2D eigenvalue weighted by molar-refractivity contribution is 5.74. The number of carbonyl (C=O) groups is 1. The first-order valence-electron chi connectivity index (χ1n) is 9.48. The molecule has 0 bridgehead atoms. The maximum absolute atomic E-state index is 12.2. The third-order valence-corrected chi connectivity index (χ3v) is 4.20. The summed E-state index contributed by atoms with van der Waals surface area (Å²) in [5.74, 6) is 0.890. The van der Waals surface area contributed by atoms with E-state index in [1.807, 2.05) is 68.7 Å². The Morgan fingerprint density at radius 1 is 1.04 bits per heavy atom. The molecule has 0 aromatic heterocycles. The number of hydrogen-bond donors (Lipinski definition) is 2. The third kappa shape index (κ3) is 8.13. The van der Waals surface area contributed by atoms with Crippen molar-refractivity contribution in [3.05, 3.63) is 65.7 Å². The van der Waals surface area contributed by atoms with Crippen molar-refractivity contribution in [2.75, 3.05) is 33.8 Å². The van der Waals surface area contributed by atoms with Crippen molar-refractivity contribution in [3.8, 4) is 5.75 Å². The molecule has 146 valence electrons. The summed E-state index contributed by atoms with van der Waals surface area (Å²) < 4.78 is 5.70. The van der Waals surface area contributed by atoms with Crippen molar-refractivity contribution in [2.45, 2.75) is 25.8 Å². The lowest BCUT2D eigenvalue weighted by Crippen LogP contribution is -2.41. The number of amides is 2. The van der Waals surface area contributed by atoms with Crippen molar-refractivity contribution in [3.63, 3.8) is 0 Å². The van der Waals surface area contributed by atoms with Gasteiger partial charge < -0.3 is 20.3 Å². The molecule has 0 aliphatic rings. The van der Waals surface area contributed by atoms with E-state index in [4.69, 9.17) is 4.74 Å². The molecular formula is C22H31N3O2. The number of likely N-dealkylation sites (N-methyl/N-ethyl adjacent to an activating group) is 1. The van der Waals surface area contributed by atoms with Crippen LogP contribution in [0.3, 0.4) is 0 Å². The minimum atomic E-state index is -0.134. The van der Waals surface area contributed by atoms with Gasteiger partial charge in [0.2, 0.25) is 0 Å². The summed E-state index contributed by atoms with van der Waals surface area (Å²) in [6, 6.07) is 17.9. The molecule has 27 heavy (non-hydrogen) atoms. The molecule has 2 N–H and O–H groups in total. The first kappa shape index (κ1) is 20.8. The maximum atomic E-state index is 12.2. The van der Waals surface area contributed by atoms with Crippen LogP contribution < -0.4 is 15.4 Å². The van der Waals surface area contributed by atoms with E-state index < -0.39 is 0 Å². The number of urea groups is 1. The molecule has 2 aromatic rings. The molecule has 0 heterocycles. The zero-order valence-electron chi connectivity index (χ0n) is 16.6. The highest BCUT2D eigenvalue weighted by atomic mass is 16.5. The van der Waals surface area contributed by atoms with Crippen LogP contribution >= 0.6 is 0 Å². The highest BCUT2D eigenvalue weighted by Gasteiger charge is 2.14. The molecule has 2 rings (SSSR count). The molecule has 5 heteroatoms. The summed E-state index contributed by atoms with van der Waals surface area (Å²) in [5, 5.41) is 6.00. The minimum Gasteiger partial charge on any atom is -0.494 e. The number of benzene rings is 2. The molecule has 1 unspecified atom stereocenters. The average molecular weight is 370 g/mol. The van der Waals surface area contributed by atoms with Crippen LogP contribution in [0.15, 0.2) is 54.6 Å². The van der Waals surface area contributed by atoms with Gasteiger partial charge in [-0.1, -0.05) is 48.0 Å². The summed E-state index contributed by atoms with van der Waals surface area (Å²) >= 11 is 0. The maximum Gasteiger partial charge on any atom is 0.315 e. The first-order valence-corrected chi connectivity index (χ1v) is 9.48. The molecule has 0 aliphatic heterocycles. The standard InChI is InChI=1S/C22H31N3O2/c1-18-11-13-20(14-12-18)27-16-8-7-15-23-22(26)24-21(17-25(2)3)19-9-5-4-6-10-19/h4-6,9-14,21H,7-8,15-17H2,1-3H3,(H2,23,24,26). The van der Waals surface area contributed by atoms with Crippen LogP contribution in [0.2, 0.25) is 0 Å². The van der Waals surface area contributed by atoms with Crippen molar-refractivity contribution < 1.29 is 9.53 Å². The number of hydrogen-bond acceptors (Lipinski definition) is 3. The van der Waals surface area contributed by atoms with E-state index >= 15 is 0 Å². The number of rotatable bonds is 10. The van der Waals surface area contributed by atoms with Gasteiger partial charge in [0.15, 0.2) is 0 Å². The second-order valence-corrected chi connectivity index (χ2v) is 6.99. The Morgan fingerprint density at radius 3 is 2.41 bits per heavy atom. The molecule has 0 radical (unpaired) electrons. The van der Waals surface area contributed by atoms with Crippen LogP contribution in [0.5, 0.6) is 5.75 Å². The molecule has 2 aromatic carbocycles. The Balaban J connectivity index is 1.66. The van der Waals surface area contributed by atoms with E-state index in [-0.39, 0.29) is 12.1 Å². The molecule has 0 saturated heterocycles. The average Bonchev–Trinajstić information content (AvgIpc) is 2.66. The minimum absolute atomic E-state index is 0.0360. The number of nitrogens with one attached hydrogen (secondary N) is 2. The van der Waals surface area contributed by atoms with Gasteiger partial charge in [0.25, 0.3) is 0 Å². The van der Waals surface area contributed by atoms with E-state index in [9.17, 15) is 4.79 Å². The largest absolute Gasteiger partial charge is 0.494 e. The summed E-state index contributed by atoms with van der Waals surface area (Å²) in [6.07, 6.45) is 1.77. The smallest absolute Gasteiger partial charge is 0.315 e. The predicted octanol–water partition coefficient (Wildman–Crippen LogP) is 3.76. The van der Waals surface area contributed by atoms with Crippen LogP contribution in [0.4, 0.5) is 4.79 Å². The quantitative estimate of drug-likeness (QED) is 0.627. The van der Waals surface area contributed by atoms with Gasteiger partial charge in [-0.05, 0) is 51.6 Å². The SMILES string of the molecule is Cc1ccc(OCCCCNC(=O)NC(CN(C)C)c2ccccc2)cc1. The number of unbranched alkanes of at least 4 members (excludes halogenated alkanes) is 1. The zero-order chi connectivity index (χ0) is 19.5. The van der Waals surface area contributed by atoms with Crippen LogP contribution in [-0.4, -0.2) is 44.7 Å². The fourth-order valence-corrected chi connectivity index (χ4v) is 2.75. The van der Waals surface area contributed by atoms with Gasteiger partial charge in [-0.2, -0.15) is 0 Å². The van der Waals surface area contributed by atoms with Crippen LogP contribution in [-0.2, 0) is 0 Å². The summed E-state index contributed by atoms with van der Waals surface area (Å²) in [7, 11) is 4.01. The van der Waals surface area contributed by atoms with Gasteiger partial charge in [0.1, 0.15) is 5.75 Å². The molecule has 0 aliphatic carbocycles. The van der Waals surface area contributed by atoms with Crippen molar-refractivity contribution >= 4 is 6.03 Å². The van der Waals surface area contributed by atoms with Gasteiger partial charge in [0.05, 0.1) is 12.6 Å². The third-order valence-electron chi connectivity index (χ3n) is 4.20. The van der Waals surface area contributed by atoms with E-state index in [0.29, 0.717) is 13.2 Å². The van der Waals surface area contributed by atoms with Crippen LogP contribution in [0.25, 0.3) is 0 Å². The normalized spacial score (nSPS) is 11.9. The van der Waals surface area contributed by atoms with E-state index in [1.165, 1.54) is 5.56 Å². The second kappa shape index (κ2) is 11.2. The highest BCUT2D eigenvalue weighted by Crippen LogP contribution is 2.13. The number of carbonyl (C=O) groups excluding carboxylic acids is 1. The number of aryl methyl sites for hydroxylation is 1. The Labute approximate surface area is 162 Å². The lowest BCUT2D eigenvalue weighted by atomic mass is 10.1. The summed E-state index contributed by atoms with van der Waals surface area (Å²) in [5.41, 5.74) is 2.33. The monoisotopic (exact) mass is 369 g/mol. The molecule has 2 amide bonds. The number of nitrogens with zero attached hydrogens (tertiary/aromatic N) is 1. The van der Waals surface area contributed by atoms with Crippen molar-refractivity contribution in [1.82, 2.24) is 15.5 Å². The van der Waals surface area contributed by atoms with Gasteiger partial charge in [0, 0.05) is 13.1 Å². The molecule has 5 nitrogen and oxygen atoms in total. The Kier molecular flexibility index (Phi) is 8.65. The van der Waals surface area contributed by atoms with Crippen LogP contribution in [0.1, 0.15) is 30.0 Å². The first-order chi connectivity index (χ1) is 13.0. The summed E-state index contributed by atoms with van der Waals surface area (Å²) in [6.45, 7) is 4.09. The van der Waals surface area contributed by atoms with Crippen LogP contribution in [0, 0.1) is 6.92 Å². The zero-order valence-corrected chi connectivity index (χ0v) is 16.6. The summed E-state index contributed by atoms with van der Waals surface area (Å²) in [4.78, 5) is 14.3. The predicted molar refractivity (Wildman–Crippen MR) is 110 cm³/mol. The topological polar surface area (TPSA) is 53.6 Å². The Morgan fingerprint density at radius 2 is 1.74 bits per heavy atom. The van der Waals surface area contributed by atoms with E-state index in [2.05, 4.69) is 22.5 Å². The lowest BCUT2D eigenvalue weighted by Gasteiger charge is -2.23. The van der Waals surface area contributed by atoms with Gasteiger partial charge in [-0.3, -0.25) is 0 Å². The fraction of sp³-hybridized carbons (Fsp3) is 0.409. The molecule has 1 atom stereocenters. The van der Waals surface area contributed by atoms with Gasteiger partial charge >= 0.3 is 6.03 Å². The van der Waals surface area contributed by atoms with Gasteiger partial charge in [-0.25, -0.2) is 4.79 Å². The van der Waals surface area contributed by atoms with Crippen molar-refractivity contribution in [1.29, 1.82) is 0 Å². The van der Waals surface area contributed by atoms with Gasteiger partial charge in [-0.15, -0.1) is 0 Å². The van der Waals surface area contributed by atoms with E-state index in [1.54, 1.807) is 0 Å². The lowest BCUT2D eigenvalue weighted by molar-refractivity contribution is 0.232. The Bertz CT molecular complexity index is 672. The fourth-order valence-electron chi connectivity index (χ4n) is 2.75. The molecule has 0 saturated carbocycles. The molecular weight excluding hydrogens is 338 g/mol. The number of ether oxygens (including phenoxy) is 1. The van der Waals surface area contributed by atoms with E-state index in [0.717, 1.165) is 30.7 Å². The molecule has 0 fully saturated rings. The molecule has 0 spiro atoms. The van der Waals surface area contributed by atoms with Crippen molar-refractivity contribution in [2.24, 2.45) is 0 Å².